The number of alkyl halides is 3. The predicted molar refractivity (Wildman–Crippen MR) is 102 cm³/mol. The molecule has 1 aromatic carbocycles. The summed E-state index contributed by atoms with van der Waals surface area (Å²) in [5, 5.41) is 6.78. The van der Waals surface area contributed by atoms with Crippen molar-refractivity contribution in [3.05, 3.63) is 53.3 Å². The fourth-order valence-electron chi connectivity index (χ4n) is 2.64. The van der Waals surface area contributed by atoms with E-state index in [0.717, 1.165) is 12.1 Å². The van der Waals surface area contributed by atoms with E-state index in [1.165, 1.54) is 29.1 Å². The summed E-state index contributed by atoms with van der Waals surface area (Å²) >= 11 is 6.10. The molecule has 0 spiro atoms. The normalized spacial score (nSPS) is 11.3. The Kier molecular flexibility index (Phi) is 5.64. The fourth-order valence-corrected chi connectivity index (χ4v) is 2.86. The number of nitrogens with zero attached hydrogens (tertiary/aromatic N) is 3. The molecular weight excluding hydrogens is 411 g/mol. The summed E-state index contributed by atoms with van der Waals surface area (Å²) in [5.74, 6) is -0.735. The minimum Gasteiger partial charge on any atom is -0.406 e. The molecule has 2 aromatic heterocycles. The first-order chi connectivity index (χ1) is 13.7. The number of hydrogen-bond donors (Lipinski definition) is 2. The summed E-state index contributed by atoms with van der Waals surface area (Å²) in [7, 11) is 0. The first kappa shape index (κ1) is 20.5. The van der Waals surface area contributed by atoms with Crippen molar-refractivity contribution in [2.75, 3.05) is 11.1 Å². The van der Waals surface area contributed by atoms with E-state index in [9.17, 15) is 18.0 Å². The molecule has 11 heteroatoms. The number of aromatic nitrogens is 3. The number of carbonyl (C=O) groups excluding carboxylic acids is 1. The van der Waals surface area contributed by atoms with Crippen molar-refractivity contribution in [2.45, 2.75) is 19.8 Å². The van der Waals surface area contributed by atoms with Crippen LogP contribution in [0.3, 0.4) is 0 Å². The summed E-state index contributed by atoms with van der Waals surface area (Å²) in [4.78, 5) is 16.5. The molecule has 0 fully saturated rings. The number of pyridine rings is 1. The molecular formula is C18H15ClF3N5O2. The van der Waals surface area contributed by atoms with Gasteiger partial charge in [0.05, 0.1) is 0 Å². The first-order valence-electron chi connectivity index (χ1n) is 8.33. The Morgan fingerprint density at radius 2 is 2.00 bits per heavy atom. The molecule has 1 amide bonds. The molecule has 0 unspecified atom stereocenters. The molecule has 0 aliphatic carbocycles. The van der Waals surface area contributed by atoms with Crippen LogP contribution in [0, 0.1) is 0 Å². The zero-order valence-electron chi connectivity index (χ0n) is 15.0. The molecule has 0 bridgehead atoms. The Labute approximate surface area is 168 Å². The highest BCUT2D eigenvalue weighted by Crippen LogP contribution is 2.36. The molecule has 152 valence electrons. The van der Waals surface area contributed by atoms with Gasteiger partial charge in [0, 0.05) is 28.9 Å². The van der Waals surface area contributed by atoms with E-state index in [4.69, 9.17) is 17.3 Å². The van der Waals surface area contributed by atoms with Crippen molar-refractivity contribution in [2.24, 2.45) is 0 Å². The molecule has 0 saturated carbocycles. The van der Waals surface area contributed by atoms with Gasteiger partial charge in [0.1, 0.15) is 23.1 Å². The maximum atomic E-state index is 12.5. The van der Waals surface area contributed by atoms with Gasteiger partial charge in [-0.15, -0.1) is 13.2 Å². The number of nitrogens with one attached hydrogen (secondary N) is 1. The van der Waals surface area contributed by atoms with Gasteiger partial charge in [-0.1, -0.05) is 11.6 Å². The zero-order valence-corrected chi connectivity index (χ0v) is 15.8. The van der Waals surface area contributed by atoms with Crippen molar-refractivity contribution in [3.63, 3.8) is 0 Å². The number of amides is 1. The molecule has 0 saturated heterocycles. The van der Waals surface area contributed by atoms with Gasteiger partial charge in [0.2, 0.25) is 0 Å². The SMILES string of the molecule is CCn1nccc1C(=O)Nc1ccc(-c2cc(OC(F)(F)F)ccc2Cl)c(N)n1. The Morgan fingerprint density at radius 3 is 2.66 bits per heavy atom. The molecule has 0 aliphatic rings. The van der Waals surface area contributed by atoms with E-state index in [2.05, 4.69) is 20.1 Å². The second kappa shape index (κ2) is 8.00. The van der Waals surface area contributed by atoms with E-state index in [-0.39, 0.29) is 22.2 Å². The second-order valence-corrected chi connectivity index (χ2v) is 6.21. The molecule has 0 atom stereocenters. The average Bonchev–Trinajstić information content (AvgIpc) is 3.11. The van der Waals surface area contributed by atoms with Crippen LogP contribution in [0.1, 0.15) is 17.4 Å². The van der Waals surface area contributed by atoms with Crippen molar-refractivity contribution in [1.29, 1.82) is 0 Å². The lowest BCUT2D eigenvalue weighted by Gasteiger charge is -2.13. The number of halogens is 4. The lowest BCUT2D eigenvalue weighted by Crippen LogP contribution is -2.18. The predicted octanol–water partition coefficient (Wildman–Crippen LogP) is 4.35. The Bertz CT molecular complexity index is 1050. The third-order valence-electron chi connectivity index (χ3n) is 3.88. The Hall–Kier alpha value is -3.27. The van der Waals surface area contributed by atoms with E-state index in [0.29, 0.717) is 17.8 Å². The number of anilines is 2. The molecule has 3 N–H and O–H groups in total. The fraction of sp³-hybridized carbons (Fsp3) is 0.167. The maximum absolute atomic E-state index is 12.5. The monoisotopic (exact) mass is 425 g/mol. The quantitative estimate of drug-likeness (QED) is 0.633. The van der Waals surface area contributed by atoms with Crippen LogP contribution in [0.4, 0.5) is 24.8 Å². The summed E-state index contributed by atoms with van der Waals surface area (Å²) in [5.41, 5.74) is 6.79. The van der Waals surface area contributed by atoms with E-state index >= 15 is 0 Å². The van der Waals surface area contributed by atoms with Gasteiger partial charge in [-0.25, -0.2) is 4.98 Å². The average molecular weight is 426 g/mol. The third-order valence-corrected chi connectivity index (χ3v) is 4.21. The highest BCUT2D eigenvalue weighted by Gasteiger charge is 2.31. The van der Waals surface area contributed by atoms with Crippen LogP contribution < -0.4 is 15.8 Å². The van der Waals surface area contributed by atoms with Gasteiger partial charge in [-0.05, 0) is 43.3 Å². The molecule has 3 rings (SSSR count). The van der Waals surface area contributed by atoms with Crippen LogP contribution in [-0.2, 0) is 6.54 Å². The largest absolute Gasteiger partial charge is 0.573 e. The minimum atomic E-state index is -4.84. The van der Waals surface area contributed by atoms with E-state index < -0.39 is 18.0 Å². The highest BCUT2D eigenvalue weighted by atomic mass is 35.5. The highest BCUT2D eigenvalue weighted by molar-refractivity contribution is 6.33. The summed E-state index contributed by atoms with van der Waals surface area (Å²) in [6, 6.07) is 7.98. The van der Waals surface area contributed by atoms with Crippen molar-refractivity contribution in [3.8, 4) is 16.9 Å². The van der Waals surface area contributed by atoms with Gasteiger partial charge in [-0.3, -0.25) is 9.48 Å². The number of hydrogen-bond acceptors (Lipinski definition) is 5. The molecule has 3 aromatic rings. The van der Waals surface area contributed by atoms with Crippen LogP contribution in [0.2, 0.25) is 5.02 Å². The molecule has 2 heterocycles. The van der Waals surface area contributed by atoms with E-state index in [1.807, 2.05) is 6.92 Å². The number of benzene rings is 1. The van der Waals surface area contributed by atoms with Crippen LogP contribution in [0.25, 0.3) is 11.1 Å². The third kappa shape index (κ3) is 4.77. The van der Waals surface area contributed by atoms with Crippen LogP contribution in [-0.4, -0.2) is 27.0 Å². The number of nitrogens with two attached hydrogens (primary N) is 1. The minimum absolute atomic E-state index is 0.0298. The van der Waals surface area contributed by atoms with Crippen LogP contribution >= 0.6 is 11.6 Å². The van der Waals surface area contributed by atoms with Gasteiger partial charge in [-0.2, -0.15) is 5.10 Å². The summed E-state index contributed by atoms with van der Waals surface area (Å²) in [6.07, 6.45) is -3.34. The second-order valence-electron chi connectivity index (χ2n) is 5.81. The standard InChI is InChI=1S/C18H15ClF3N5O2/c1-2-27-14(7-8-24-27)17(28)26-15-6-4-11(16(23)25-15)12-9-10(3-5-13(12)19)29-18(20,21)22/h3-9H,2H2,1H3,(H3,23,25,26,28). The van der Waals surface area contributed by atoms with Gasteiger partial charge >= 0.3 is 6.36 Å². The summed E-state index contributed by atoms with van der Waals surface area (Å²) < 4.78 is 42.8. The zero-order chi connectivity index (χ0) is 21.2. The van der Waals surface area contributed by atoms with Crippen molar-refractivity contribution < 1.29 is 22.7 Å². The first-order valence-corrected chi connectivity index (χ1v) is 8.71. The van der Waals surface area contributed by atoms with Gasteiger partial charge < -0.3 is 15.8 Å². The topological polar surface area (TPSA) is 95.1 Å². The Morgan fingerprint density at radius 1 is 1.24 bits per heavy atom. The van der Waals surface area contributed by atoms with Gasteiger partial charge in [0.25, 0.3) is 5.91 Å². The number of carbonyl (C=O) groups is 1. The van der Waals surface area contributed by atoms with Crippen LogP contribution in [0.15, 0.2) is 42.6 Å². The molecule has 29 heavy (non-hydrogen) atoms. The number of nitrogen functional groups attached to an aromatic ring is 1. The molecule has 7 nitrogen and oxygen atoms in total. The van der Waals surface area contributed by atoms with Crippen molar-refractivity contribution >= 4 is 29.1 Å². The number of ether oxygens (including phenoxy) is 1. The maximum Gasteiger partial charge on any atom is 0.573 e. The van der Waals surface area contributed by atoms with E-state index in [1.54, 1.807) is 6.07 Å². The van der Waals surface area contributed by atoms with Crippen molar-refractivity contribution in [1.82, 2.24) is 14.8 Å². The molecule has 0 radical (unpaired) electrons. The smallest absolute Gasteiger partial charge is 0.406 e. The number of aryl methyl sites for hydroxylation is 1. The van der Waals surface area contributed by atoms with Crippen LogP contribution in [0.5, 0.6) is 5.75 Å². The molecule has 0 aliphatic heterocycles. The number of rotatable bonds is 5. The summed E-state index contributed by atoms with van der Waals surface area (Å²) in [6.45, 7) is 2.36. The lowest BCUT2D eigenvalue weighted by atomic mass is 10.1. The Balaban J connectivity index is 1.86. The lowest BCUT2D eigenvalue weighted by molar-refractivity contribution is -0.274. The van der Waals surface area contributed by atoms with Gasteiger partial charge in [0.15, 0.2) is 0 Å².